The van der Waals surface area contributed by atoms with E-state index in [1.807, 2.05) is 12.1 Å². The number of hydrogen-bond acceptors (Lipinski definition) is 3. The van der Waals surface area contributed by atoms with Crippen molar-refractivity contribution in [3.63, 3.8) is 0 Å². The second-order valence-corrected chi connectivity index (χ2v) is 3.83. The number of pyridine rings is 1. The van der Waals surface area contributed by atoms with Crippen molar-refractivity contribution in [3.05, 3.63) is 23.9 Å². The lowest BCUT2D eigenvalue weighted by Gasteiger charge is -2.03. The van der Waals surface area contributed by atoms with Crippen LogP contribution in [0.2, 0.25) is 0 Å². The van der Waals surface area contributed by atoms with Gasteiger partial charge in [0.05, 0.1) is 13.7 Å². The number of rotatable bonds is 4. The van der Waals surface area contributed by atoms with Gasteiger partial charge < -0.3 is 15.8 Å². The number of methoxy groups -OCH3 is 1. The highest BCUT2D eigenvalue weighted by molar-refractivity contribution is 14.0. The van der Waals surface area contributed by atoms with E-state index in [4.69, 9.17) is 10.5 Å². The summed E-state index contributed by atoms with van der Waals surface area (Å²) in [5.74, 6) is 1.12. The third-order valence-electron chi connectivity index (χ3n) is 2.37. The molecule has 0 aromatic carbocycles. The van der Waals surface area contributed by atoms with E-state index < -0.39 is 0 Å². The smallest absolute Gasteiger partial charge is 0.212 e. The maximum Gasteiger partial charge on any atom is 0.212 e. The Kier molecular flexibility index (Phi) is 5.46. The highest BCUT2D eigenvalue weighted by Gasteiger charge is 2.21. The predicted molar refractivity (Wildman–Crippen MR) is 77.7 cm³/mol. The van der Waals surface area contributed by atoms with Crippen LogP contribution in [0.15, 0.2) is 23.3 Å². The number of ether oxygens (including phenoxy) is 1. The van der Waals surface area contributed by atoms with Gasteiger partial charge in [-0.2, -0.15) is 0 Å². The van der Waals surface area contributed by atoms with Gasteiger partial charge in [0.15, 0.2) is 5.96 Å². The highest BCUT2D eigenvalue weighted by atomic mass is 127. The van der Waals surface area contributed by atoms with Crippen LogP contribution in [0.25, 0.3) is 0 Å². The van der Waals surface area contributed by atoms with Crippen LogP contribution < -0.4 is 15.8 Å². The van der Waals surface area contributed by atoms with Crippen molar-refractivity contribution in [1.29, 1.82) is 0 Å². The fraction of sp³-hybridized carbons (Fsp3) is 0.455. The average Bonchev–Trinajstić information content (AvgIpc) is 3.11. The molecule has 0 spiro atoms. The Labute approximate surface area is 118 Å². The number of aliphatic imine (C=N–C) groups is 1. The molecule has 0 aliphatic heterocycles. The first-order valence-electron chi connectivity index (χ1n) is 5.33. The average molecular weight is 348 g/mol. The molecule has 1 fully saturated rings. The molecule has 2 rings (SSSR count). The molecule has 0 unspecified atom stereocenters. The van der Waals surface area contributed by atoms with Crippen molar-refractivity contribution >= 4 is 29.9 Å². The van der Waals surface area contributed by atoms with E-state index >= 15 is 0 Å². The summed E-state index contributed by atoms with van der Waals surface area (Å²) in [4.78, 5) is 8.33. The molecule has 94 valence electrons. The van der Waals surface area contributed by atoms with Crippen molar-refractivity contribution in [1.82, 2.24) is 10.3 Å². The highest BCUT2D eigenvalue weighted by Crippen LogP contribution is 2.18. The van der Waals surface area contributed by atoms with Gasteiger partial charge in [0, 0.05) is 18.3 Å². The fourth-order valence-electron chi connectivity index (χ4n) is 1.28. The Morgan fingerprint density at radius 2 is 2.35 bits per heavy atom. The van der Waals surface area contributed by atoms with E-state index in [0.29, 0.717) is 24.4 Å². The van der Waals surface area contributed by atoms with E-state index in [1.165, 1.54) is 12.8 Å². The Morgan fingerprint density at radius 3 is 2.88 bits per heavy atom. The number of nitrogens with zero attached hydrogens (tertiary/aromatic N) is 2. The lowest BCUT2D eigenvalue weighted by atomic mass is 10.3. The molecule has 1 heterocycles. The van der Waals surface area contributed by atoms with Crippen LogP contribution in [0, 0.1) is 0 Å². The lowest BCUT2D eigenvalue weighted by Crippen LogP contribution is -2.33. The fourth-order valence-corrected chi connectivity index (χ4v) is 1.28. The number of halogens is 1. The van der Waals surface area contributed by atoms with Gasteiger partial charge in [-0.05, 0) is 18.4 Å². The molecular formula is C11H17IN4O. The monoisotopic (exact) mass is 348 g/mol. The number of guanidine groups is 1. The summed E-state index contributed by atoms with van der Waals surface area (Å²) in [5, 5.41) is 3.13. The van der Waals surface area contributed by atoms with E-state index in [9.17, 15) is 0 Å². The lowest BCUT2D eigenvalue weighted by molar-refractivity contribution is 0.397. The Bertz CT molecular complexity index is 376. The number of nitrogens with one attached hydrogen (secondary N) is 1. The minimum Gasteiger partial charge on any atom is -0.481 e. The first-order chi connectivity index (χ1) is 7.78. The third-order valence-corrected chi connectivity index (χ3v) is 2.37. The molecule has 1 aromatic heterocycles. The first-order valence-corrected chi connectivity index (χ1v) is 5.33. The van der Waals surface area contributed by atoms with Crippen LogP contribution >= 0.6 is 24.0 Å². The van der Waals surface area contributed by atoms with Crippen molar-refractivity contribution in [2.75, 3.05) is 7.11 Å². The van der Waals surface area contributed by atoms with Crippen LogP contribution in [-0.4, -0.2) is 24.1 Å². The zero-order valence-corrected chi connectivity index (χ0v) is 12.0. The van der Waals surface area contributed by atoms with Gasteiger partial charge in [0.1, 0.15) is 0 Å². The van der Waals surface area contributed by atoms with Gasteiger partial charge in [0.2, 0.25) is 5.88 Å². The summed E-state index contributed by atoms with van der Waals surface area (Å²) >= 11 is 0. The van der Waals surface area contributed by atoms with Gasteiger partial charge in [-0.25, -0.2) is 9.98 Å². The molecule has 1 aromatic rings. The second-order valence-electron chi connectivity index (χ2n) is 3.83. The van der Waals surface area contributed by atoms with Crippen LogP contribution in [-0.2, 0) is 6.54 Å². The molecule has 1 aliphatic carbocycles. The molecule has 0 amide bonds. The quantitative estimate of drug-likeness (QED) is 0.488. The molecule has 6 heteroatoms. The topological polar surface area (TPSA) is 72.5 Å². The number of aromatic nitrogens is 1. The Morgan fingerprint density at radius 1 is 1.59 bits per heavy atom. The third kappa shape index (κ3) is 4.76. The summed E-state index contributed by atoms with van der Waals surface area (Å²) in [7, 11) is 1.59. The molecule has 1 aliphatic rings. The first kappa shape index (κ1) is 14.0. The van der Waals surface area contributed by atoms with Gasteiger partial charge in [0.25, 0.3) is 0 Å². The van der Waals surface area contributed by atoms with Gasteiger partial charge in [-0.1, -0.05) is 6.07 Å². The van der Waals surface area contributed by atoms with Crippen LogP contribution in [0.4, 0.5) is 0 Å². The maximum atomic E-state index is 5.71. The molecular weight excluding hydrogens is 331 g/mol. The van der Waals surface area contributed by atoms with E-state index in [0.717, 1.165) is 5.56 Å². The zero-order valence-electron chi connectivity index (χ0n) is 9.72. The van der Waals surface area contributed by atoms with Crippen LogP contribution in [0.3, 0.4) is 0 Å². The Hall–Kier alpha value is -1.05. The summed E-state index contributed by atoms with van der Waals surface area (Å²) in [6.07, 6.45) is 4.13. The standard InChI is InChI=1S/C11H16N4O.HI/c1-16-10-5-2-8(6-13-10)7-14-11(12)15-9-3-4-9;/h2,5-6,9H,3-4,7H2,1H3,(H3,12,14,15);1H. The second kappa shape index (κ2) is 6.63. The van der Waals surface area contributed by atoms with Gasteiger partial charge in [-0.15, -0.1) is 24.0 Å². The van der Waals surface area contributed by atoms with Crippen LogP contribution in [0.5, 0.6) is 5.88 Å². The number of nitrogens with two attached hydrogens (primary N) is 1. The van der Waals surface area contributed by atoms with Crippen molar-refractivity contribution in [3.8, 4) is 5.88 Å². The van der Waals surface area contributed by atoms with E-state index in [2.05, 4.69) is 15.3 Å². The Balaban J connectivity index is 0.00000144. The molecule has 0 radical (unpaired) electrons. The maximum absolute atomic E-state index is 5.71. The van der Waals surface area contributed by atoms with Crippen LogP contribution in [0.1, 0.15) is 18.4 Å². The van der Waals surface area contributed by atoms with Crippen molar-refractivity contribution < 1.29 is 4.74 Å². The molecule has 0 saturated heterocycles. The van der Waals surface area contributed by atoms with Crippen molar-refractivity contribution in [2.45, 2.75) is 25.4 Å². The molecule has 0 bridgehead atoms. The van der Waals surface area contributed by atoms with E-state index in [1.54, 1.807) is 13.3 Å². The van der Waals surface area contributed by atoms with Crippen molar-refractivity contribution in [2.24, 2.45) is 10.7 Å². The molecule has 3 N–H and O–H groups in total. The minimum absolute atomic E-state index is 0. The predicted octanol–water partition coefficient (Wildman–Crippen LogP) is 1.27. The summed E-state index contributed by atoms with van der Waals surface area (Å²) < 4.78 is 4.97. The molecule has 1 saturated carbocycles. The minimum atomic E-state index is 0. The number of hydrogen-bond donors (Lipinski definition) is 2. The molecule has 5 nitrogen and oxygen atoms in total. The molecule has 17 heavy (non-hydrogen) atoms. The summed E-state index contributed by atoms with van der Waals surface area (Å²) in [6.45, 7) is 0.544. The zero-order chi connectivity index (χ0) is 11.4. The normalized spacial score (nSPS) is 15.0. The molecule has 0 atom stereocenters. The summed E-state index contributed by atoms with van der Waals surface area (Å²) in [6, 6.07) is 4.28. The van der Waals surface area contributed by atoms with E-state index in [-0.39, 0.29) is 24.0 Å². The largest absolute Gasteiger partial charge is 0.481 e. The summed E-state index contributed by atoms with van der Waals surface area (Å²) in [5.41, 5.74) is 6.73. The van der Waals surface area contributed by atoms with Gasteiger partial charge in [-0.3, -0.25) is 0 Å². The SMILES string of the molecule is COc1ccc(CN=C(N)NC2CC2)cn1.I. The van der Waals surface area contributed by atoms with Gasteiger partial charge >= 0.3 is 0 Å².